The SMILES string of the molecule is OCC(C1CCN(c2ncc(-c3cc(F)cc(F)c3)o2)CC1)N1CCC2(CC1)CNc1cc(Cl)ccc12. The molecule has 196 valence electrons. The smallest absolute Gasteiger partial charge is 0.297 e. The lowest BCUT2D eigenvalue weighted by Crippen LogP contribution is -2.53. The van der Waals surface area contributed by atoms with Crippen molar-refractivity contribution in [2.75, 3.05) is 49.5 Å². The summed E-state index contributed by atoms with van der Waals surface area (Å²) >= 11 is 6.19. The van der Waals surface area contributed by atoms with Crippen LogP contribution in [-0.2, 0) is 5.41 Å². The molecule has 1 unspecified atom stereocenters. The highest BCUT2D eigenvalue weighted by atomic mass is 35.5. The van der Waals surface area contributed by atoms with Crippen molar-refractivity contribution in [3.63, 3.8) is 0 Å². The molecule has 1 aromatic heterocycles. The first kappa shape index (κ1) is 24.6. The average Bonchev–Trinajstić information content (AvgIpc) is 3.51. The third kappa shape index (κ3) is 4.71. The molecule has 1 atom stereocenters. The summed E-state index contributed by atoms with van der Waals surface area (Å²) in [5, 5.41) is 14.7. The van der Waals surface area contributed by atoms with E-state index >= 15 is 0 Å². The Morgan fingerprint density at radius 1 is 1.08 bits per heavy atom. The van der Waals surface area contributed by atoms with E-state index in [-0.39, 0.29) is 18.1 Å². The molecule has 37 heavy (non-hydrogen) atoms. The van der Waals surface area contributed by atoms with Gasteiger partial charge in [-0.3, -0.25) is 4.90 Å². The van der Waals surface area contributed by atoms with Gasteiger partial charge in [-0.2, -0.15) is 0 Å². The number of aliphatic hydroxyl groups excluding tert-OH is 1. The van der Waals surface area contributed by atoms with Crippen LogP contribution in [-0.4, -0.2) is 60.4 Å². The van der Waals surface area contributed by atoms with Gasteiger partial charge in [0.25, 0.3) is 6.01 Å². The van der Waals surface area contributed by atoms with Crippen LogP contribution in [0.15, 0.2) is 47.0 Å². The maximum Gasteiger partial charge on any atom is 0.297 e. The molecule has 2 N–H and O–H groups in total. The molecule has 0 saturated carbocycles. The van der Waals surface area contributed by atoms with Gasteiger partial charge in [0.1, 0.15) is 11.6 Å². The van der Waals surface area contributed by atoms with Crippen LogP contribution in [0, 0.1) is 17.6 Å². The van der Waals surface area contributed by atoms with Gasteiger partial charge in [-0.25, -0.2) is 13.8 Å². The number of piperidine rings is 2. The van der Waals surface area contributed by atoms with Crippen LogP contribution < -0.4 is 10.2 Å². The number of benzene rings is 2. The fraction of sp³-hybridized carbons (Fsp3) is 0.464. The van der Waals surface area contributed by atoms with Gasteiger partial charge in [-0.1, -0.05) is 17.7 Å². The second-order valence-corrected chi connectivity index (χ2v) is 11.0. The van der Waals surface area contributed by atoms with Gasteiger partial charge in [-0.15, -0.1) is 0 Å². The minimum absolute atomic E-state index is 0.133. The molecule has 4 heterocycles. The summed E-state index contributed by atoms with van der Waals surface area (Å²) in [5.74, 6) is -0.568. The Bertz CT molecular complexity index is 1250. The van der Waals surface area contributed by atoms with Gasteiger partial charge in [0.05, 0.1) is 12.8 Å². The third-order valence-electron chi connectivity index (χ3n) is 8.58. The standard InChI is InChI=1S/C28H31ClF2N4O2/c29-20-1-2-23-24(13-20)33-17-28(23)5-9-34(10-6-28)25(16-36)18-3-7-35(8-4-18)27-32-15-26(37-27)19-11-21(30)14-22(31)12-19/h1-2,11-15,18,25,33,36H,3-10,16-17H2. The van der Waals surface area contributed by atoms with Crippen molar-refractivity contribution in [1.29, 1.82) is 0 Å². The molecule has 3 aliphatic rings. The lowest BCUT2D eigenvalue weighted by Gasteiger charge is -2.46. The average molecular weight is 529 g/mol. The molecule has 0 bridgehead atoms. The number of anilines is 2. The van der Waals surface area contributed by atoms with E-state index in [1.807, 2.05) is 12.1 Å². The lowest BCUT2D eigenvalue weighted by atomic mass is 9.73. The number of likely N-dealkylation sites (tertiary alicyclic amines) is 1. The van der Waals surface area contributed by atoms with Crippen molar-refractivity contribution in [2.45, 2.75) is 37.1 Å². The molecule has 3 aliphatic heterocycles. The largest absolute Gasteiger partial charge is 0.423 e. The van der Waals surface area contributed by atoms with Crippen LogP contribution in [0.3, 0.4) is 0 Å². The third-order valence-corrected chi connectivity index (χ3v) is 8.81. The number of halogens is 3. The molecular weight excluding hydrogens is 498 g/mol. The van der Waals surface area contributed by atoms with Crippen molar-refractivity contribution in [2.24, 2.45) is 5.92 Å². The maximum absolute atomic E-state index is 13.6. The normalized spacial score (nSPS) is 20.7. The van der Waals surface area contributed by atoms with E-state index < -0.39 is 11.6 Å². The minimum atomic E-state index is -0.648. The molecule has 0 radical (unpaired) electrons. The Morgan fingerprint density at radius 3 is 2.51 bits per heavy atom. The van der Waals surface area contributed by atoms with Crippen LogP contribution in [0.4, 0.5) is 20.5 Å². The Labute approximate surface area is 220 Å². The fourth-order valence-electron chi connectivity index (χ4n) is 6.49. The molecule has 6 nitrogen and oxygen atoms in total. The number of fused-ring (bicyclic) bond motifs is 2. The number of hydrogen-bond donors (Lipinski definition) is 2. The van der Waals surface area contributed by atoms with E-state index in [1.54, 1.807) is 0 Å². The van der Waals surface area contributed by atoms with Crippen LogP contribution in [0.2, 0.25) is 5.02 Å². The van der Waals surface area contributed by atoms with E-state index in [1.165, 1.54) is 23.9 Å². The zero-order valence-corrected chi connectivity index (χ0v) is 21.4. The zero-order chi connectivity index (χ0) is 25.6. The van der Waals surface area contributed by atoms with E-state index in [9.17, 15) is 13.9 Å². The van der Waals surface area contributed by atoms with Crippen LogP contribution in [0.25, 0.3) is 11.3 Å². The number of aliphatic hydroxyl groups is 1. The van der Waals surface area contributed by atoms with Crippen molar-refractivity contribution in [1.82, 2.24) is 9.88 Å². The highest BCUT2D eigenvalue weighted by molar-refractivity contribution is 6.30. The Morgan fingerprint density at radius 2 is 1.81 bits per heavy atom. The predicted octanol–water partition coefficient (Wildman–Crippen LogP) is 5.31. The fourth-order valence-corrected chi connectivity index (χ4v) is 6.67. The number of rotatable bonds is 5. The van der Waals surface area contributed by atoms with Gasteiger partial charge in [0.2, 0.25) is 0 Å². The van der Waals surface area contributed by atoms with Crippen LogP contribution in [0.5, 0.6) is 0 Å². The summed E-state index contributed by atoms with van der Waals surface area (Å²) in [6.45, 7) is 4.53. The topological polar surface area (TPSA) is 64.8 Å². The quantitative estimate of drug-likeness (QED) is 0.468. The maximum atomic E-state index is 13.6. The number of oxazole rings is 1. The summed E-state index contributed by atoms with van der Waals surface area (Å²) in [4.78, 5) is 8.90. The number of hydrogen-bond acceptors (Lipinski definition) is 6. The van der Waals surface area contributed by atoms with Gasteiger partial charge >= 0.3 is 0 Å². The highest BCUT2D eigenvalue weighted by Gasteiger charge is 2.43. The lowest BCUT2D eigenvalue weighted by molar-refractivity contribution is 0.0393. The second kappa shape index (κ2) is 9.89. The molecule has 1 spiro atoms. The predicted molar refractivity (Wildman–Crippen MR) is 140 cm³/mol. The number of nitrogens with zero attached hydrogens (tertiary/aromatic N) is 3. The summed E-state index contributed by atoms with van der Waals surface area (Å²) in [5.41, 5.74) is 3.01. The molecule has 2 aromatic carbocycles. The van der Waals surface area contributed by atoms with Crippen LogP contribution in [0.1, 0.15) is 31.2 Å². The molecule has 2 fully saturated rings. The first-order valence-electron chi connectivity index (χ1n) is 13.0. The van der Waals surface area contributed by atoms with Crippen molar-refractivity contribution >= 4 is 23.3 Å². The van der Waals surface area contributed by atoms with Gasteiger partial charge in [0, 0.05) is 53.4 Å². The van der Waals surface area contributed by atoms with Crippen molar-refractivity contribution < 1.29 is 18.3 Å². The molecule has 0 aliphatic carbocycles. The molecule has 3 aromatic rings. The van der Waals surface area contributed by atoms with Crippen molar-refractivity contribution in [3.05, 3.63) is 64.8 Å². The summed E-state index contributed by atoms with van der Waals surface area (Å²) < 4.78 is 33.1. The Kier molecular flexibility index (Phi) is 6.59. The van der Waals surface area contributed by atoms with E-state index in [4.69, 9.17) is 16.0 Å². The molecular formula is C28H31ClF2N4O2. The first-order valence-corrected chi connectivity index (χ1v) is 13.4. The van der Waals surface area contributed by atoms with Gasteiger partial charge in [0.15, 0.2) is 5.76 Å². The van der Waals surface area contributed by atoms with E-state index in [0.29, 0.717) is 23.3 Å². The highest BCUT2D eigenvalue weighted by Crippen LogP contribution is 2.45. The van der Waals surface area contributed by atoms with Crippen molar-refractivity contribution in [3.8, 4) is 11.3 Å². The monoisotopic (exact) mass is 528 g/mol. The number of aromatic nitrogens is 1. The van der Waals surface area contributed by atoms with Gasteiger partial charge < -0.3 is 19.7 Å². The van der Waals surface area contributed by atoms with Gasteiger partial charge in [-0.05, 0) is 74.5 Å². The summed E-state index contributed by atoms with van der Waals surface area (Å²) in [6, 6.07) is 10.1. The molecule has 0 amide bonds. The van der Waals surface area contributed by atoms with E-state index in [2.05, 4.69) is 26.2 Å². The Balaban J connectivity index is 1.07. The minimum Gasteiger partial charge on any atom is -0.423 e. The second-order valence-electron chi connectivity index (χ2n) is 10.6. The van der Waals surface area contributed by atoms with Crippen LogP contribution >= 0.6 is 11.6 Å². The zero-order valence-electron chi connectivity index (χ0n) is 20.6. The first-order chi connectivity index (χ1) is 17.9. The summed E-state index contributed by atoms with van der Waals surface area (Å²) in [7, 11) is 0. The number of nitrogens with one attached hydrogen (secondary N) is 1. The Hall–Kier alpha value is -2.68. The van der Waals surface area contributed by atoms with E-state index in [0.717, 1.165) is 75.2 Å². The molecule has 2 saturated heterocycles. The molecule has 6 rings (SSSR count). The molecule has 9 heteroatoms. The summed E-state index contributed by atoms with van der Waals surface area (Å²) in [6.07, 6.45) is 5.47.